The van der Waals surface area contributed by atoms with E-state index >= 15 is 0 Å². The molecule has 0 aromatic carbocycles. The van der Waals surface area contributed by atoms with Crippen LogP contribution in [0.3, 0.4) is 0 Å². The van der Waals surface area contributed by atoms with Crippen molar-refractivity contribution in [1.82, 2.24) is 5.32 Å². The summed E-state index contributed by atoms with van der Waals surface area (Å²) in [6.07, 6.45) is 11.4. The van der Waals surface area contributed by atoms with Crippen molar-refractivity contribution in [2.75, 3.05) is 7.11 Å². The van der Waals surface area contributed by atoms with Crippen molar-refractivity contribution in [3.05, 3.63) is 0 Å². The van der Waals surface area contributed by atoms with Crippen molar-refractivity contribution in [3.63, 3.8) is 0 Å². The minimum Gasteiger partial charge on any atom is -0.380 e. The fourth-order valence-corrected chi connectivity index (χ4v) is 3.50. The largest absolute Gasteiger partial charge is 0.380 e. The predicted molar refractivity (Wildman–Crippen MR) is 67.6 cm³/mol. The van der Waals surface area contributed by atoms with Crippen LogP contribution in [0.1, 0.15) is 58.3 Å². The maximum absolute atomic E-state index is 5.60. The molecule has 2 unspecified atom stereocenters. The molecule has 16 heavy (non-hydrogen) atoms. The first-order valence-corrected chi connectivity index (χ1v) is 7.10. The maximum Gasteiger partial charge on any atom is 0.0724 e. The van der Waals surface area contributed by atoms with Crippen LogP contribution in [-0.4, -0.2) is 25.3 Å². The number of hydrogen-bond acceptors (Lipinski definition) is 2. The Kier molecular flexibility index (Phi) is 4.66. The first-order valence-electron chi connectivity index (χ1n) is 7.10. The second-order valence-electron chi connectivity index (χ2n) is 5.66. The molecule has 0 aliphatic heterocycles. The molecule has 0 bridgehead atoms. The molecule has 2 heteroatoms. The minimum atomic E-state index is 0.456. The van der Waals surface area contributed by atoms with E-state index in [0.717, 1.165) is 5.92 Å². The molecule has 0 spiro atoms. The highest BCUT2D eigenvalue weighted by atomic mass is 16.5. The standard InChI is InChI=1S/C14H27NO/c1-11(12-7-3-4-8-12)15-13-9-5-6-10-14(13)16-2/h11-15H,3-10H2,1-2H3/t11-,13?,14?/m1/s1. The second-order valence-corrected chi connectivity index (χ2v) is 5.66. The third-order valence-electron chi connectivity index (χ3n) is 4.59. The average molecular weight is 225 g/mol. The highest BCUT2D eigenvalue weighted by Crippen LogP contribution is 2.29. The third kappa shape index (κ3) is 2.98. The van der Waals surface area contributed by atoms with Crippen molar-refractivity contribution >= 4 is 0 Å². The normalized spacial score (nSPS) is 34.1. The lowest BCUT2D eigenvalue weighted by Gasteiger charge is -2.35. The first kappa shape index (κ1) is 12.4. The molecular weight excluding hydrogens is 198 g/mol. The molecule has 0 saturated heterocycles. The van der Waals surface area contributed by atoms with Gasteiger partial charge in [-0.25, -0.2) is 0 Å². The van der Waals surface area contributed by atoms with Gasteiger partial charge >= 0.3 is 0 Å². The number of ether oxygens (including phenoxy) is 1. The molecule has 0 heterocycles. The quantitative estimate of drug-likeness (QED) is 0.794. The van der Waals surface area contributed by atoms with E-state index in [0.29, 0.717) is 18.2 Å². The summed E-state index contributed by atoms with van der Waals surface area (Å²) in [6.45, 7) is 2.37. The summed E-state index contributed by atoms with van der Waals surface area (Å²) in [7, 11) is 1.87. The van der Waals surface area contributed by atoms with Crippen LogP contribution in [0, 0.1) is 5.92 Å². The van der Waals surface area contributed by atoms with Crippen molar-refractivity contribution in [2.24, 2.45) is 5.92 Å². The zero-order chi connectivity index (χ0) is 11.4. The molecule has 0 amide bonds. The Morgan fingerprint density at radius 2 is 1.62 bits per heavy atom. The Hall–Kier alpha value is -0.0800. The van der Waals surface area contributed by atoms with Gasteiger partial charge in [0.2, 0.25) is 0 Å². The lowest BCUT2D eigenvalue weighted by atomic mass is 9.90. The van der Waals surface area contributed by atoms with Gasteiger partial charge in [-0.3, -0.25) is 0 Å². The Bertz CT molecular complexity index is 201. The maximum atomic E-state index is 5.60. The summed E-state index contributed by atoms with van der Waals surface area (Å²) in [4.78, 5) is 0. The van der Waals surface area contributed by atoms with Gasteiger partial charge in [0.25, 0.3) is 0 Å². The number of rotatable bonds is 4. The van der Waals surface area contributed by atoms with Gasteiger partial charge in [0, 0.05) is 19.2 Å². The zero-order valence-electron chi connectivity index (χ0n) is 10.9. The predicted octanol–water partition coefficient (Wildman–Crippen LogP) is 3.11. The minimum absolute atomic E-state index is 0.456. The Labute approximate surface area is 100 Å². The SMILES string of the molecule is COC1CCCCC1N[C@H](C)C1CCCC1. The van der Waals surface area contributed by atoms with E-state index in [1.807, 2.05) is 7.11 Å². The molecule has 2 fully saturated rings. The molecular formula is C14H27NO. The van der Waals surface area contributed by atoms with E-state index in [-0.39, 0.29) is 0 Å². The van der Waals surface area contributed by atoms with Gasteiger partial charge in [-0.05, 0) is 38.5 Å². The van der Waals surface area contributed by atoms with E-state index in [1.54, 1.807) is 0 Å². The fraction of sp³-hybridized carbons (Fsp3) is 1.00. The molecule has 1 N–H and O–H groups in total. The van der Waals surface area contributed by atoms with Crippen LogP contribution in [0.5, 0.6) is 0 Å². The Morgan fingerprint density at radius 3 is 2.31 bits per heavy atom. The summed E-state index contributed by atoms with van der Waals surface area (Å²) in [5.41, 5.74) is 0. The summed E-state index contributed by atoms with van der Waals surface area (Å²) in [5, 5.41) is 3.84. The molecule has 3 atom stereocenters. The van der Waals surface area contributed by atoms with E-state index in [9.17, 15) is 0 Å². The number of hydrogen-bond donors (Lipinski definition) is 1. The topological polar surface area (TPSA) is 21.3 Å². The molecule has 2 nitrogen and oxygen atoms in total. The highest BCUT2D eigenvalue weighted by Gasteiger charge is 2.29. The van der Waals surface area contributed by atoms with Crippen LogP contribution in [0.25, 0.3) is 0 Å². The van der Waals surface area contributed by atoms with E-state index in [1.165, 1.54) is 51.4 Å². The Balaban J connectivity index is 1.81. The summed E-state index contributed by atoms with van der Waals surface area (Å²) in [6, 6.07) is 1.29. The smallest absolute Gasteiger partial charge is 0.0724 e. The van der Waals surface area contributed by atoms with Crippen molar-refractivity contribution in [1.29, 1.82) is 0 Å². The Morgan fingerprint density at radius 1 is 1.00 bits per heavy atom. The van der Waals surface area contributed by atoms with Crippen LogP contribution < -0.4 is 5.32 Å². The number of methoxy groups -OCH3 is 1. The van der Waals surface area contributed by atoms with Gasteiger partial charge < -0.3 is 10.1 Å². The third-order valence-corrected chi connectivity index (χ3v) is 4.59. The summed E-state index contributed by atoms with van der Waals surface area (Å²) >= 11 is 0. The molecule has 0 aromatic heterocycles. The van der Waals surface area contributed by atoms with Gasteiger partial charge in [0.05, 0.1) is 6.10 Å². The molecule has 2 saturated carbocycles. The van der Waals surface area contributed by atoms with Gasteiger partial charge in [-0.15, -0.1) is 0 Å². The number of nitrogens with one attached hydrogen (secondary N) is 1. The second kappa shape index (κ2) is 6.02. The van der Waals surface area contributed by atoms with E-state index < -0.39 is 0 Å². The zero-order valence-corrected chi connectivity index (χ0v) is 10.9. The average Bonchev–Trinajstić information content (AvgIpc) is 2.83. The molecule has 0 aromatic rings. The van der Waals surface area contributed by atoms with Crippen LogP contribution in [0.15, 0.2) is 0 Å². The van der Waals surface area contributed by atoms with Gasteiger partial charge in [-0.2, -0.15) is 0 Å². The molecule has 2 aliphatic rings. The first-order chi connectivity index (χ1) is 7.81. The fourth-order valence-electron chi connectivity index (χ4n) is 3.50. The monoisotopic (exact) mass is 225 g/mol. The van der Waals surface area contributed by atoms with Crippen molar-refractivity contribution in [2.45, 2.75) is 76.5 Å². The van der Waals surface area contributed by atoms with Gasteiger partial charge in [-0.1, -0.05) is 25.7 Å². The van der Waals surface area contributed by atoms with Crippen LogP contribution >= 0.6 is 0 Å². The lowest BCUT2D eigenvalue weighted by Crippen LogP contribution is -2.48. The molecule has 2 rings (SSSR count). The van der Waals surface area contributed by atoms with Crippen LogP contribution in [0.2, 0.25) is 0 Å². The molecule has 94 valence electrons. The molecule has 0 radical (unpaired) electrons. The lowest BCUT2D eigenvalue weighted by molar-refractivity contribution is 0.0357. The van der Waals surface area contributed by atoms with Crippen molar-refractivity contribution < 1.29 is 4.74 Å². The summed E-state index contributed by atoms with van der Waals surface area (Å²) < 4.78 is 5.60. The van der Waals surface area contributed by atoms with Crippen molar-refractivity contribution in [3.8, 4) is 0 Å². The van der Waals surface area contributed by atoms with Gasteiger partial charge in [0.15, 0.2) is 0 Å². The van der Waals surface area contributed by atoms with E-state index in [4.69, 9.17) is 4.74 Å². The van der Waals surface area contributed by atoms with E-state index in [2.05, 4.69) is 12.2 Å². The highest BCUT2D eigenvalue weighted by molar-refractivity contribution is 4.86. The van der Waals surface area contributed by atoms with Crippen LogP contribution in [-0.2, 0) is 4.74 Å². The van der Waals surface area contributed by atoms with Gasteiger partial charge in [0.1, 0.15) is 0 Å². The molecule has 2 aliphatic carbocycles. The summed E-state index contributed by atoms with van der Waals surface area (Å²) in [5.74, 6) is 0.916. The van der Waals surface area contributed by atoms with Crippen LogP contribution in [0.4, 0.5) is 0 Å².